The van der Waals surface area contributed by atoms with Gasteiger partial charge in [0.25, 0.3) is 0 Å². The molecule has 3 atom stereocenters. The lowest BCUT2D eigenvalue weighted by Crippen LogP contribution is -2.73. The predicted octanol–water partition coefficient (Wildman–Crippen LogP) is -6.60. The van der Waals surface area contributed by atoms with Crippen LogP contribution in [-0.2, 0) is 9.13 Å². The van der Waals surface area contributed by atoms with Gasteiger partial charge in [-0.2, -0.15) is 0 Å². The number of quaternary nitrogens is 3. The van der Waals surface area contributed by atoms with Crippen molar-refractivity contribution in [2.45, 2.75) is 24.9 Å². The van der Waals surface area contributed by atoms with Crippen LogP contribution in [0.2, 0.25) is 0 Å². The molecule has 0 aliphatic heterocycles. The standard InChI is InChI=1S/C3H10N2.C2H9NO6P2.H2O/c1-3(5)2-4;1-2(3,10(4,5)6)11(7,8)9;/h3H,2,4-5H2,1H3;3H2,1H3,(H2,4,5,6)(H2,7,8,9);1H2/t3-;;/m1../s1. The van der Waals surface area contributed by atoms with Crippen molar-refractivity contribution in [1.82, 2.24) is 0 Å². The highest BCUT2D eigenvalue weighted by Crippen LogP contribution is 2.57. The quantitative estimate of drug-likeness (QED) is 0.368. The van der Waals surface area contributed by atoms with E-state index in [9.17, 15) is 23.8 Å². The first-order valence-corrected chi connectivity index (χ1v) is 7.43. The molecule has 108 valence electrons. The van der Waals surface area contributed by atoms with Gasteiger partial charge in [-0.05, 0) is 6.92 Å². The zero-order valence-corrected chi connectivity index (χ0v) is 11.6. The average Bonchev–Trinajstić information content (AvgIpc) is 2.01. The molecular weight excluding hydrogens is 276 g/mol. The summed E-state index contributed by atoms with van der Waals surface area (Å²) < 4.78 is 20.4. The van der Waals surface area contributed by atoms with Crippen molar-refractivity contribution in [3.8, 4) is 0 Å². The van der Waals surface area contributed by atoms with Crippen LogP contribution in [0.25, 0.3) is 0 Å². The topological polar surface area (TPSA) is 238 Å². The van der Waals surface area contributed by atoms with Gasteiger partial charge in [0.1, 0.15) is 12.6 Å². The summed E-state index contributed by atoms with van der Waals surface area (Å²) in [6, 6.07) is 0.523. The minimum atomic E-state index is -5.43. The van der Waals surface area contributed by atoms with E-state index in [1.54, 1.807) is 0 Å². The minimum Gasteiger partial charge on any atom is -0.806 e. The van der Waals surface area contributed by atoms with E-state index < -0.39 is 20.2 Å². The van der Waals surface area contributed by atoms with Crippen molar-refractivity contribution in [1.29, 1.82) is 0 Å². The second kappa shape index (κ2) is 7.55. The Balaban J connectivity index is -0.000000280. The lowest BCUT2D eigenvalue weighted by Gasteiger charge is -2.45. The average molecular weight is 297 g/mol. The highest BCUT2D eigenvalue weighted by atomic mass is 31.2. The maximum Gasteiger partial charge on any atom is 0.198 e. The molecular formula is C5H21N3O7P2. The first-order chi connectivity index (χ1) is 6.77. The van der Waals surface area contributed by atoms with Crippen LogP contribution < -0.4 is 31.9 Å². The molecule has 17 heavy (non-hydrogen) atoms. The zero-order valence-electron chi connectivity index (χ0n) is 9.79. The molecule has 0 aliphatic carbocycles. The van der Waals surface area contributed by atoms with E-state index in [0.29, 0.717) is 13.0 Å². The summed E-state index contributed by atoms with van der Waals surface area (Å²) in [6.45, 7) is 3.52. The summed E-state index contributed by atoms with van der Waals surface area (Å²) in [4.78, 5) is 38.8. The van der Waals surface area contributed by atoms with Gasteiger partial charge < -0.3 is 51.4 Å². The Morgan fingerprint density at radius 2 is 1.59 bits per heavy atom. The summed E-state index contributed by atoms with van der Waals surface area (Å²) >= 11 is 0. The van der Waals surface area contributed by atoms with Crippen molar-refractivity contribution >= 4 is 15.2 Å². The van der Waals surface area contributed by atoms with Crippen LogP contribution in [0.3, 0.4) is 0 Å². The SMILES string of the molecule is C[C@@H]([NH3+])C[NH3+].C[C@]([NH3+])(P(=O)([O-])[O-])P(=O)([O-])O.O. The van der Waals surface area contributed by atoms with Crippen molar-refractivity contribution in [3.63, 3.8) is 0 Å². The minimum absolute atomic E-state index is 0. The van der Waals surface area contributed by atoms with Gasteiger partial charge in [0.2, 0.25) is 0 Å². The van der Waals surface area contributed by atoms with Crippen LogP contribution in [0.1, 0.15) is 13.8 Å². The summed E-state index contributed by atoms with van der Waals surface area (Å²) in [6.07, 6.45) is 0. The third-order valence-corrected chi connectivity index (χ3v) is 5.58. The summed E-state index contributed by atoms with van der Waals surface area (Å²) in [5, 5.41) is -2.88. The van der Waals surface area contributed by atoms with E-state index in [2.05, 4.69) is 17.2 Å². The van der Waals surface area contributed by atoms with Crippen LogP contribution in [0.4, 0.5) is 0 Å². The van der Waals surface area contributed by atoms with Crippen molar-refractivity contribution in [2.24, 2.45) is 0 Å². The van der Waals surface area contributed by atoms with Crippen molar-refractivity contribution in [2.75, 3.05) is 6.54 Å². The summed E-state index contributed by atoms with van der Waals surface area (Å²) in [5.41, 5.74) is 9.92. The highest BCUT2D eigenvalue weighted by molar-refractivity contribution is 7.69. The fourth-order valence-electron chi connectivity index (χ4n) is 0.155. The molecule has 0 bridgehead atoms. The Bertz CT molecular complexity index is 272. The number of rotatable bonds is 3. The zero-order chi connectivity index (χ0) is 13.8. The lowest BCUT2D eigenvalue weighted by atomic mass is 10.4. The molecule has 12 heteroatoms. The van der Waals surface area contributed by atoms with E-state index in [1.807, 2.05) is 6.92 Å². The van der Waals surface area contributed by atoms with E-state index in [0.717, 1.165) is 6.54 Å². The maximum atomic E-state index is 10.2. The van der Waals surface area contributed by atoms with Crippen LogP contribution in [0, 0.1) is 0 Å². The Hall–Kier alpha value is 0.140. The maximum absolute atomic E-state index is 10.2. The number of hydrogen-bond donors (Lipinski definition) is 4. The van der Waals surface area contributed by atoms with Gasteiger partial charge in [0, 0.05) is 14.5 Å². The first kappa shape index (κ1) is 22.3. The van der Waals surface area contributed by atoms with Gasteiger partial charge >= 0.3 is 0 Å². The monoisotopic (exact) mass is 297 g/mol. The molecule has 0 spiro atoms. The largest absolute Gasteiger partial charge is 0.806 e. The van der Waals surface area contributed by atoms with Crippen LogP contribution in [0.15, 0.2) is 0 Å². The molecule has 10 nitrogen and oxygen atoms in total. The molecule has 0 saturated heterocycles. The third-order valence-electron chi connectivity index (χ3n) is 1.69. The van der Waals surface area contributed by atoms with Crippen LogP contribution in [0.5, 0.6) is 0 Å². The first-order valence-electron chi connectivity index (χ1n) is 4.31. The molecule has 0 aliphatic rings. The van der Waals surface area contributed by atoms with Gasteiger partial charge in [-0.25, -0.2) is 0 Å². The third kappa shape index (κ3) is 7.96. The smallest absolute Gasteiger partial charge is 0.198 e. The second-order valence-electron chi connectivity index (χ2n) is 3.63. The molecule has 0 radical (unpaired) electrons. The lowest BCUT2D eigenvalue weighted by molar-refractivity contribution is -0.488. The molecule has 0 heterocycles. The second-order valence-corrected chi connectivity index (χ2v) is 7.99. The predicted molar refractivity (Wildman–Crippen MR) is 52.4 cm³/mol. The molecule has 1 unspecified atom stereocenters. The van der Waals surface area contributed by atoms with Gasteiger partial charge in [-0.15, -0.1) is 0 Å². The van der Waals surface area contributed by atoms with E-state index in [1.165, 1.54) is 0 Å². The Morgan fingerprint density at radius 3 is 1.59 bits per heavy atom. The number of hydrogen-bond acceptors (Lipinski definition) is 5. The van der Waals surface area contributed by atoms with Crippen molar-refractivity contribution in [3.05, 3.63) is 0 Å². The fourth-order valence-corrected chi connectivity index (χ4v) is 1.39. The summed E-state index contributed by atoms with van der Waals surface area (Å²) in [5.74, 6) is 0. The molecule has 0 aromatic rings. The normalized spacial score (nSPS) is 19.8. The van der Waals surface area contributed by atoms with Crippen LogP contribution in [-0.4, -0.2) is 28.0 Å². The van der Waals surface area contributed by atoms with Crippen molar-refractivity contribution < 1.29 is 51.4 Å². The van der Waals surface area contributed by atoms with Gasteiger partial charge in [-0.1, -0.05) is 0 Å². The van der Waals surface area contributed by atoms with Gasteiger partial charge in [0.15, 0.2) is 12.6 Å². The molecule has 0 aromatic heterocycles. The molecule has 0 fully saturated rings. The Morgan fingerprint density at radius 1 is 1.35 bits per heavy atom. The Labute approximate surface area is 98.8 Å². The van der Waals surface area contributed by atoms with E-state index >= 15 is 0 Å². The molecule has 12 N–H and O–H groups in total. The molecule has 0 saturated carbocycles. The Kier molecular flexibility index (Phi) is 9.91. The van der Waals surface area contributed by atoms with Crippen LogP contribution >= 0.6 is 15.2 Å². The fraction of sp³-hybridized carbons (Fsp3) is 1.00. The van der Waals surface area contributed by atoms with Gasteiger partial charge in [-0.3, -0.25) is 0 Å². The van der Waals surface area contributed by atoms with E-state index in [-0.39, 0.29) is 5.48 Å². The summed E-state index contributed by atoms with van der Waals surface area (Å²) in [7, 11) is -10.7. The molecule has 0 amide bonds. The van der Waals surface area contributed by atoms with Gasteiger partial charge in [0.05, 0.1) is 0 Å². The molecule has 0 rings (SSSR count). The van der Waals surface area contributed by atoms with E-state index in [4.69, 9.17) is 4.89 Å². The molecule has 0 aromatic carbocycles. The highest BCUT2D eigenvalue weighted by Gasteiger charge is 2.38.